The van der Waals surface area contributed by atoms with Gasteiger partial charge in [-0.1, -0.05) is 42.5 Å². The summed E-state index contributed by atoms with van der Waals surface area (Å²) in [5, 5.41) is 0. The van der Waals surface area contributed by atoms with E-state index in [4.69, 9.17) is 0 Å². The number of halogens is 1. The summed E-state index contributed by atoms with van der Waals surface area (Å²) in [6.07, 6.45) is 1.08. The van der Waals surface area contributed by atoms with Gasteiger partial charge >= 0.3 is 0 Å². The Balaban J connectivity index is 2.02. The van der Waals surface area contributed by atoms with Crippen molar-refractivity contribution in [2.75, 3.05) is 27.2 Å². The minimum atomic E-state index is -0.684. The van der Waals surface area contributed by atoms with E-state index in [1.54, 1.807) is 36.0 Å². The van der Waals surface area contributed by atoms with Crippen LogP contribution >= 0.6 is 0 Å². The Morgan fingerprint density at radius 1 is 1.07 bits per heavy atom. The van der Waals surface area contributed by atoms with Crippen molar-refractivity contribution in [3.05, 3.63) is 59.9 Å². The van der Waals surface area contributed by atoms with Gasteiger partial charge in [0, 0.05) is 39.7 Å². The van der Waals surface area contributed by atoms with Crippen molar-refractivity contribution in [1.82, 2.24) is 9.80 Å². The van der Waals surface area contributed by atoms with Gasteiger partial charge in [0.1, 0.15) is 5.82 Å². The lowest BCUT2D eigenvalue weighted by Gasteiger charge is -2.31. The van der Waals surface area contributed by atoms with E-state index in [1.165, 1.54) is 13.0 Å². The average Bonchev–Trinajstić information content (AvgIpc) is 3.08. The van der Waals surface area contributed by atoms with Crippen molar-refractivity contribution in [1.29, 1.82) is 0 Å². The first-order valence-corrected chi connectivity index (χ1v) is 9.14. The maximum atomic E-state index is 14.4. The molecule has 0 bridgehead atoms. The summed E-state index contributed by atoms with van der Waals surface area (Å²) >= 11 is 0. The highest BCUT2D eigenvalue weighted by Gasteiger charge is 2.46. The number of hydrogen-bond donors (Lipinski definition) is 0. The maximum absolute atomic E-state index is 14.4. The van der Waals surface area contributed by atoms with Crippen molar-refractivity contribution in [3.63, 3.8) is 0 Å². The van der Waals surface area contributed by atoms with Crippen molar-refractivity contribution in [2.24, 2.45) is 5.41 Å². The Morgan fingerprint density at radius 3 is 2.30 bits per heavy atom. The predicted octanol–water partition coefficient (Wildman–Crippen LogP) is 3.36. The van der Waals surface area contributed by atoms with Crippen LogP contribution in [0.1, 0.15) is 18.9 Å². The van der Waals surface area contributed by atoms with Gasteiger partial charge in [-0.25, -0.2) is 4.39 Å². The molecule has 0 aromatic heterocycles. The van der Waals surface area contributed by atoms with Gasteiger partial charge < -0.3 is 9.80 Å². The largest absolute Gasteiger partial charge is 0.348 e. The van der Waals surface area contributed by atoms with Gasteiger partial charge in [-0.15, -0.1) is 0 Å². The molecule has 1 saturated heterocycles. The minimum absolute atomic E-state index is 0.00888. The third-order valence-corrected chi connectivity index (χ3v) is 5.37. The van der Waals surface area contributed by atoms with Gasteiger partial charge in [0.15, 0.2) is 0 Å². The molecule has 0 N–H and O–H groups in total. The van der Waals surface area contributed by atoms with Crippen LogP contribution in [0.3, 0.4) is 0 Å². The molecule has 0 spiro atoms. The van der Waals surface area contributed by atoms with E-state index in [0.717, 1.165) is 11.1 Å². The number of likely N-dealkylation sites (tertiary alicyclic amines) is 1. The minimum Gasteiger partial charge on any atom is -0.348 e. The van der Waals surface area contributed by atoms with E-state index in [9.17, 15) is 14.0 Å². The summed E-state index contributed by atoms with van der Waals surface area (Å²) in [7, 11) is 3.48. The second kappa shape index (κ2) is 7.51. The number of carbonyl (C=O) groups is 2. The van der Waals surface area contributed by atoms with Gasteiger partial charge in [0.05, 0.1) is 5.41 Å². The number of rotatable bonds is 4. The average molecular weight is 368 g/mol. The second-order valence-corrected chi connectivity index (χ2v) is 7.48. The third kappa shape index (κ3) is 3.72. The maximum Gasteiger partial charge on any atom is 0.230 e. The van der Waals surface area contributed by atoms with Crippen LogP contribution in [0.2, 0.25) is 0 Å². The number of amides is 2. The highest BCUT2D eigenvalue weighted by Crippen LogP contribution is 2.39. The molecule has 0 aliphatic carbocycles. The predicted molar refractivity (Wildman–Crippen MR) is 104 cm³/mol. The fourth-order valence-electron chi connectivity index (χ4n) is 3.99. The molecule has 2 aromatic carbocycles. The summed E-state index contributed by atoms with van der Waals surface area (Å²) in [5.74, 6) is -0.296. The molecule has 1 aliphatic heterocycles. The molecule has 2 aromatic rings. The molecule has 1 aliphatic rings. The highest BCUT2D eigenvalue weighted by atomic mass is 19.1. The molecule has 1 heterocycles. The van der Waals surface area contributed by atoms with Crippen LogP contribution in [0.25, 0.3) is 11.1 Å². The van der Waals surface area contributed by atoms with Crippen molar-refractivity contribution < 1.29 is 14.0 Å². The molecule has 5 heteroatoms. The van der Waals surface area contributed by atoms with Gasteiger partial charge in [-0.3, -0.25) is 9.59 Å². The van der Waals surface area contributed by atoms with E-state index >= 15 is 0 Å². The molecule has 1 atom stereocenters. The first-order chi connectivity index (χ1) is 12.8. The number of benzene rings is 2. The lowest BCUT2D eigenvalue weighted by Crippen LogP contribution is -2.44. The smallest absolute Gasteiger partial charge is 0.230 e. The molecular formula is C22H25FN2O2. The summed E-state index contributed by atoms with van der Waals surface area (Å²) in [6.45, 7) is 2.49. The zero-order valence-electron chi connectivity index (χ0n) is 16.0. The van der Waals surface area contributed by atoms with Gasteiger partial charge in [-0.2, -0.15) is 0 Å². The lowest BCUT2D eigenvalue weighted by atomic mass is 9.77. The van der Waals surface area contributed by atoms with E-state index in [1.807, 2.05) is 30.3 Å². The molecule has 4 nitrogen and oxygen atoms in total. The van der Waals surface area contributed by atoms with Gasteiger partial charge in [0.2, 0.25) is 11.8 Å². The van der Waals surface area contributed by atoms with Crippen LogP contribution in [-0.4, -0.2) is 48.8 Å². The lowest BCUT2D eigenvalue weighted by molar-refractivity contribution is -0.139. The van der Waals surface area contributed by atoms with Crippen LogP contribution in [-0.2, 0) is 16.0 Å². The van der Waals surface area contributed by atoms with Crippen LogP contribution in [0.4, 0.5) is 4.39 Å². The third-order valence-electron chi connectivity index (χ3n) is 5.37. The molecule has 0 radical (unpaired) electrons. The molecule has 3 rings (SSSR count). The van der Waals surface area contributed by atoms with Crippen molar-refractivity contribution >= 4 is 11.8 Å². The Hall–Kier alpha value is -2.69. The summed E-state index contributed by atoms with van der Waals surface area (Å²) < 4.78 is 14.4. The molecule has 2 amide bonds. The van der Waals surface area contributed by atoms with E-state index in [2.05, 4.69) is 0 Å². The quantitative estimate of drug-likeness (QED) is 0.830. The first-order valence-electron chi connectivity index (χ1n) is 9.14. The summed E-state index contributed by atoms with van der Waals surface area (Å²) in [4.78, 5) is 28.3. The summed E-state index contributed by atoms with van der Waals surface area (Å²) in [5.41, 5.74) is 1.56. The SMILES string of the molecule is CC(=O)N1CC[C@@](Cc2ccccc2-c2ccccc2F)(C(=O)N(C)C)C1. The molecule has 0 unspecified atom stereocenters. The zero-order valence-corrected chi connectivity index (χ0v) is 16.0. The van der Waals surface area contributed by atoms with Gasteiger partial charge in [0.25, 0.3) is 0 Å². The Labute approximate surface area is 159 Å². The molecule has 27 heavy (non-hydrogen) atoms. The molecule has 1 fully saturated rings. The number of hydrogen-bond acceptors (Lipinski definition) is 2. The van der Waals surface area contributed by atoms with Crippen LogP contribution < -0.4 is 0 Å². The highest BCUT2D eigenvalue weighted by molar-refractivity contribution is 5.85. The first kappa shape index (κ1) is 19.1. The van der Waals surface area contributed by atoms with Crippen LogP contribution in [0.15, 0.2) is 48.5 Å². The van der Waals surface area contributed by atoms with Crippen molar-refractivity contribution in [2.45, 2.75) is 19.8 Å². The molecular weight excluding hydrogens is 343 g/mol. The molecule has 0 saturated carbocycles. The second-order valence-electron chi connectivity index (χ2n) is 7.48. The number of carbonyl (C=O) groups excluding carboxylic acids is 2. The zero-order chi connectivity index (χ0) is 19.6. The topological polar surface area (TPSA) is 40.6 Å². The summed E-state index contributed by atoms with van der Waals surface area (Å²) in [6, 6.07) is 14.3. The van der Waals surface area contributed by atoms with E-state index in [0.29, 0.717) is 31.5 Å². The Kier molecular flexibility index (Phi) is 5.31. The van der Waals surface area contributed by atoms with E-state index < -0.39 is 5.41 Å². The Morgan fingerprint density at radius 2 is 1.70 bits per heavy atom. The number of nitrogens with zero attached hydrogens (tertiary/aromatic N) is 2. The van der Waals surface area contributed by atoms with Gasteiger partial charge in [-0.05, 0) is 30.0 Å². The Bertz CT molecular complexity index is 865. The monoisotopic (exact) mass is 368 g/mol. The normalized spacial score (nSPS) is 19.2. The fraction of sp³-hybridized carbons (Fsp3) is 0.364. The standard InChI is InChI=1S/C22H25FN2O2/c1-16(26)25-13-12-22(15-25,21(27)24(2)3)14-17-8-4-5-9-18(17)19-10-6-7-11-20(19)23/h4-11H,12-15H2,1-3H3/t22-/m0/s1. The van der Waals surface area contributed by atoms with Crippen LogP contribution in [0, 0.1) is 11.2 Å². The van der Waals surface area contributed by atoms with Crippen molar-refractivity contribution in [3.8, 4) is 11.1 Å². The fourth-order valence-corrected chi connectivity index (χ4v) is 3.99. The van der Waals surface area contributed by atoms with E-state index in [-0.39, 0.29) is 17.6 Å². The molecule has 142 valence electrons. The van der Waals surface area contributed by atoms with Crippen LogP contribution in [0.5, 0.6) is 0 Å².